The quantitative estimate of drug-likeness (QED) is 0.612. The molecule has 1 aliphatic rings. The number of nitrogens with zero attached hydrogens (tertiary/aromatic N) is 1. The molecular formula is C15H18BrNO3. The van der Waals surface area contributed by atoms with Gasteiger partial charge in [-0.05, 0) is 30.0 Å². The Morgan fingerprint density at radius 1 is 1.30 bits per heavy atom. The molecular weight excluding hydrogens is 322 g/mol. The largest absolute Gasteiger partial charge is 0.497 e. The molecule has 0 bridgehead atoms. The predicted molar refractivity (Wildman–Crippen MR) is 81.8 cm³/mol. The van der Waals surface area contributed by atoms with Crippen LogP contribution in [-0.2, 0) is 4.79 Å². The van der Waals surface area contributed by atoms with E-state index in [1.54, 1.807) is 30.2 Å². The van der Waals surface area contributed by atoms with Gasteiger partial charge >= 0.3 is 0 Å². The van der Waals surface area contributed by atoms with E-state index in [4.69, 9.17) is 4.74 Å². The number of carbonyl (C=O) groups excluding carboxylic acids is 2. The molecule has 1 aromatic rings. The van der Waals surface area contributed by atoms with Crippen molar-refractivity contribution in [3.63, 3.8) is 0 Å². The number of amides is 1. The molecule has 5 heteroatoms. The van der Waals surface area contributed by atoms with Crippen LogP contribution in [0.2, 0.25) is 0 Å². The minimum Gasteiger partial charge on any atom is -0.497 e. The second-order valence-electron chi connectivity index (χ2n) is 5.29. The second-order valence-corrected chi connectivity index (χ2v) is 5.93. The molecule has 1 amide bonds. The van der Waals surface area contributed by atoms with Crippen molar-refractivity contribution < 1.29 is 14.3 Å². The number of Topliss-reactive ketones (excluding diaryl/α,β-unsaturated/α-hetero) is 1. The first kappa shape index (κ1) is 15.0. The van der Waals surface area contributed by atoms with Gasteiger partial charge in [0.25, 0.3) is 11.7 Å². The van der Waals surface area contributed by atoms with Crippen LogP contribution in [0.4, 0.5) is 5.69 Å². The molecule has 0 radical (unpaired) electrons. The van der Waals surface area contributed by atoms with Crippen LogP contribution in [0.5, 0.6) is 5.75 Å². The number of halogens is 1. The Morgan fingerprint density at radius 3 is 2.55 bits per heavy atom. The normalized spacial score (nSPS) is 15.8. The molecule has 0 aliphatic carbocycles. The van der Waals surface area contributed by atoms with E-state index in [0.717, 1.165) is 5.33 Å². The number of alkyl halides is 1. The third-order valence-electron chi connectivity index (χ3n) is 3.74. The minimum atomic E-state index is -0.448. The molecule has 0 saturated carbocycles. The first-order valence-electron chi connectivity index (χ1n) is 6.59. The molecule has 0 aromatic heterocycles. The highest BCUT2D eigenvalue weighted by atomic mass is 79.9. The van der Waals surface area contributed by atoms with Crippen molar-refractivity contribution in [2.75, 3.05) is 23.9 Å². The molecule has 1 aliphatic heterocycles. The number of hydrogen-bond acceptors (Lipinski definition) is 3. The highest BCUT2D eigenvalue weighted by Crippen LogP contribution is 2.33. The lowest BCUT2D eigenvalue weighted by Crippen LogP contribution is -2.36. The lowest BCUT2D eigenvalue weighted by molar-refractivity contribution is -0.114. The van der Waals surface area contributed by atoms with Gasteiger partial charge in [0.1, 0.15) is 5.75 Å². The van der Waals surface area contributed by atoms with Crippen molar-refractivity contribution in [1.82, 2.24) is 0 Å². The number of anilines is 1. The third-order valence-corrected chi connectivity index (χ3v) is 4.57. The summed E-state index contributed by atoms with van der Waals surface area (Å²) in [5.41, 5.74) is 1.12. The monoisotopic (exact) mass is 339 g/mol. The number of carbonyl (C=O) groups is 2. The molecule has 1 atom stereocenters. The number of ether oxygens (including phenoxy) is 1. The Labute approximate surface area is 127 Å². The minimum absolute atomic E-state index is 0.305. The van der Waals surface area contributed by atoms with E-state index in [0.29, 0.717) is 35.4 Å². The number of hydrogen-bond donors (Lipinski definition) is 0. The van der Waals surface area contributed by atoms with Gasteiger partial charge in [-0.2, -0.15) is 0 Å². The van der Waals surface area contributed by atoms with Crippen molar-refractivity contribution in [3.05, 3.63) is 23.8 Å². The molecule has 0 N–H and O–H groups in total. The van der Waals surface area contributed by atoms with Crippen LogP contribution < -0.4 is 9.64 Å². The zero-order valence-electron chi connectivity index (χ0n) is 11.9. The molecule has 108 valence electrons. The lowest BCUT2D eigenvalue weighted by atomic mass is 9.97. The van der Waals surface area contributed by atoms with Crippen LogP contribution in [-0.4, -0.2) is 30.7 Å². The zero-order valence-corrected chi connectivity index (χ0v) is 13.4. The van der Waals surface area contributed by atoms with Crippen LogP contribution in [0.15, 0.2) is 18.2 Å². The van der Waals surface area contributed by atoms with E-state index < -0.39 is 11.7 Å². The standard InChI is InChI=1S/C15H18BrNO3/c1-9(2)10(7-16)8-17-13-5-4-11(20-3)6-12(13)14(18)15(17)19/h4-6,9-10H,7-8H2,1-3H3. The molecule has 2 rings (SSSR count). The van der Waals surface area contributed by atoms with Gasteiger partial charge in [-0.3, -0.25) is 9.59 Å². The van der Waals surface area contributed by atoms with Crippen LogP contribution in [0.1, 0.15) is 24.2 Å². The number of benzene rings is 1. The Hall–Kier alpha value is -1.36. The fraction of sp³-hybridized carbons (Fsp3) is 0.467. The van der Waals surface area contributed by atoms with Crippen molar-refractivity contribution in [2.45, 2.75) is 13.8 Å². The van der Waals surface area contributed by atoms with E-state index in [9.17, 15) is 9.59 Å². The first-order chi connectivity index (χ1) is 9.49. The topological polar surface area (TPSA) is 46.6 Å². The molecule has 0 saturated heterocycles. The summed E-state index contributed by atoms with van der Waals surface area (Å²) in [4.78, 5) is 25.8. The smallest absolute Gasteiger partial charge is 0.299 e. The Morgan fingerprint density at radius 2 is 2.00 bits per heavy atom. The van der Waals surface area contributed by atoms with Crippen molar-refractivity contribution in [1.29, 1.82) is 0 Å². The van der Waals surface area contributed by atoms with Crippen LogP contribution in [0, 0.1) is 11.8 Å². The molecule has 1 aromatic carbocycles. The molecule has 4 nitrogen and oxygen atoms in total. The van der Waals surface area contributed by atoms with Gasteiger partial charge in [0, 0.05) is 11.9 Å². The summed E-state index contributed by atoms with van der Waals surface area (Å²) in [6.45, 7) is 4.78. The van der Waals surface area contributed by atoms with Gasteiger partial charge in [0.2, 0.25) is 0 Å². The highest BCUT2D eigenvalue weighted by Gasteiger charge is 2.37. The summed E-state index contributed by atoms with van der Waals surface area (Å²) >= 11 is 3.48. The summed E-state index contributed by atoms with van der Waals surface area (Å²) < 4.78 is 5.11. The SMILES string of the molecule is COc1ccc2c(c1)C(=O)C(=O)N2CC(CBr)C(C)C. The van der Waals surface area contributed by atoms with Crippen LogP contribution >= 0.6 is 15.9 Å². The highest BCUT2D eigenvalue weighted by molar-refractivity contribution is 9.09. The van der Waals surface area contributed by atoms with Gasteiger partial charge in [0.05, 0.1) is 18.4 Å². The van der Waals surface area contributed by atoms with Crippen LogP contribution in [0.3, 0.4) is 0 Å². The summed E-state index contributed by atoms with van der Waals surface area (Å²) in [6.07, 6.45) is 0. The Bertz CT molecular complexity index is 542. The van der Waals surface area contributed by atoms with Gasteiger partial charge in [-0.25, -0.2) is 0 Å². The summed E-state index contributed by atoms with van der Waals surface area (Å²) in [5.74, 6) is 0.433. The van der Waals surface area contributed by atoms with E-state index in [1.807, 2.05) is 0 Å². The molecule has 0 fully saturated rings. The summed E-state index contributed by atoms with van der Waals surface area (Å²) in [5, 5.41) is 0.800. The van der Waals surface area contributed by atoms with E-state index >= 15 is 0 Å². The maximum absolute atomic E-state index is 12.2. The number of ketones is 1. The van der Waals surface area contributed by atoms with Crippen molar-refractivity contribution in [3.8, 4) is 5.75 Å². The van der Waals surface area contributed by atoms with Crippen molar-refractivity contribution in [2.24, 2.45) is 11.8 Å². The molecule has 1 heterocycles. The van der Waals surface area contributed by atoms with Gasteiger partial charge in [-0.15, -0.1) is 0 Å². The zero-order chi connectivity index (χ0) is 14.9. The molecule has 1 unspecified atom stereocenters. The maximum Gasteiger partial charge on any atom is 0.299 e. The van der Waals surface area contributed by atoms with Gasteiger partial charge in [0.15, 0.2) is 0 Å². The summed E-state index contributed by atoms with van der Waals surface area (Å²) in [7, 11) is 1.54. The third kappa shape index (κ3) is 2.59. The van der Waals surface area contributed by atoms with E-state index in [-0.39, 0.29) is 0 Å². The first-order valence-corrected chi connectivity index (χ1v) is 7.72. The van der Waals surface area contributed by atoms with Crippen LogP contribution in [0.25, 0.3) is 0 Å². The fourth-order valence-corrected chi connectivity index (χ4v) is 3.21. The molecule has 0 spiro atoms. The second kappa shape index (κ2) is 5.95. The van der Waals surface area contributed by atoms with Gasteiger partial charge in [-0.1, -0.05) is 29.8 Å². The van der Waals surface area contributed by atoms with Gasteiger partial charge < -0.3 is 9.64 Å². The predicted octanol–water partition coefficient (Wildman–Crippen LogP) is 2.89. The van der Waals surface area contributed by atoms with E-state index in [1.165, 1.54) is 0 Å². The average Bonchev–Trinajstić information content (AvgIpc) is 2.68. The number of rotatable bonds is 5. The lowest BCUT2D eigenvalue weighted by Gasteiger charge is -2.25. The summed E-state index contributed by atoms with van der Waals surface area (Å²) in [6, 6.07) is 5.19. The molecule has 20 heavy (non-hydrogen) atoms. The average molecular weight is 340 g/mol. The fourth-order valence-electron chi connectivity index (χ4n) is 2.26. The van der Waals surface area contributed by atoms with E-state index in [2.05, 4.69) is 29.8 Å². The Kier molecular flexibility index (Phi) is 4.48. The van der Waals surface area contributed by atoms with Crippen molar-refractivity contribution >= 4 is 33.3 Å². The number of methoxy groups -OCH3 is 1. The maximum atomic E-state index is 12.2. The Balaban J connectivity index is 2.33. The number of fused-ring (bicyclic) bond motifs is 1.